The first kappa shape index (κ1) is 9.19. The first-order valence-electron chi connectivity index (χ1n) is 3.98. The molecule has 0 atom stereocenters. The Morgan fingerprint density at radius 2 is 2.42 bits per heavy atom. The van der Waals surface area contributed by atoms with E-state index in [0.717, 1.165) is 0 Å². The molecule has 0 spiro atoms. The number of aryl methyl sites for hydroxylation is 1. The molecule has 0 bridgehead atoms. The molecule has 0 unspecified atom stereocenters. The SMILES string of the molecule is CCc1cnn(CCOC)c1F. The predicted molar refractivity (Wildman–Crippen MR) is 43.4 cm³/mol. The van der Waals surface area contributed by atoms with Gasteiger partial charge in [-0.25, -0.2) is 4.68 Å². The molecule has 0 fully saturated rings. The number of aromatic nitrogens is 2. The molecule has 0 aliphatic heterocycles. The molecular weight excluding hydrogens is 159 g/mol. The Hall–Kier alpha value is -0.900. The average molecular weight is 172 g/mol. The lowest BCUT2D eigenvalue weighted by Gasteiger charge is -2.00. The van der Waals surface area contributed by atoms with Crippen molar-refractivity contribution in [2.45, 2.75) is 19.9 Å². The van der Waals surface area contributed by atoms with Crippen molar-refractivity contribution >= 4 is 0 Å². The van der Waals surface area contributed by atoms with Crippen molar-refractivity contribution in [3.05, 3.63) is 17.7 Å². The highest BCUT2D eigenvalue weighted by Gasteiger charge is 2.06. The molecule has 0 saturated heterocycles. The van der Waals surface area contributed by atoms with E-state index < -0.39 is 0 Å². The lowest BCUT2D eigenvalue weighted by molar-refractivity contribution is 0.178. The minimum absolute atomic E-state index is 0.241. The van der Waals surface area contributed by atoms with Gasteiger partial charge in [0.15, 0.2) is 0 Å². The van der Waals surface area contributed by atoms with Crippen LogP contribution in [0.4, 0.5) is 4.39 Å². The average Bonchev–Trinajstić information content (AvgIpc) is 2.43. The summed E-state index contributed by atoms with van der Waals surface area (Å²) < 4.78 is 19.3. The maximum atomic E-state index is 13.2. The summed E-state index contributed by atoms with van der Waals surface area (Å²) in [7, 11) is 1.59. The summed E-state index contributed by atoms with van der Waals surface area (Å²) in [5, 5.41) is 3.89. The summed E-state index contributed by atoms with van der Waals surface area (Å²) in [6, 6.07) is 0. The van der Waals surface area contributed by atoms with Crippen LogP contribution in [0.3, 0.4) is 0 Å². The van der Waals surface area contributed by atoms with Crippen molar-refractivity contribution in [2.75, 3.05) is 13.7 Å². The Labute approximate surface area is 71.1 Å². The molecule has 1 rings (SSSR count). The number of hydrogen-bond donors (Lipinski definition) is 0. The van der Waals surface area contributed by atoms with E-state index in [9.17, 15) is 4.39 Å². The van der Waals surface area contributed by atoms with Crippen molar-refractivity contribution in [2.24, 2.45) is 0 Å². The second kappa shape index (κ2) is 4.21. The van der Waals surface area contributed by atoms with Gasteiger partial charge in [0.05, 0.1) is 19.3 Å². The van der Waals surface area contributed by atoms with E-state index in [4.69, 9.17) is 4.74 Å². The van der Waals surface area contributed by atoms with Gasteiger partial charge >= 0.3 is 0 Å². The summed E-state index contributed by atoms with van der Waals surface area (Å²) in [6.45, 7) is 2.87. The van der Waals surface area contributed by atoms with Crippen LogP contribution in [0.2, 0.25) is 0 Å². The highest BCUT2D eigenvalue weighted by Crippen LogP contribution is 2.06. The van der Waals surface area contributed by atoms with E-state index in [2.05, 4.69) is 5.10 Å². The maximum Gasteiger partial charge on any atom is 0.214 e. The second-order valence-electron chi connectivity index (χ2n) is 2.53. The van der Waals surface area contributed by atoms with Crippen LogP contribution in [0.15, 0.2) is 6.20 Å². The minimum Gasteiger partial charge on any atom is -0.383 e. The van der Waals surface area contributed by atoms with Gasteiger partial charge in [-0.05, 0) is 6.42 Å². The number of rotatable bonds is 4. The minimum atomic E-state index is -0.241. The standard InChI is InChI=1S/C8H13FN2O/c1-3-7-6-10-11(8(7)9)4-5-12-2/h6H,3-5H2,1-2H3. The molecule has 1 aromatic heterocycles. The van der Waals surface area contributed by atoms with Gasteiger partial charge in [-0.1, -0.05) is 6.92 Å². The second-order valence-corrected chi connectivity index (χ2v) is 2.53. The summed E-state index contributed by atoms with van der Waals surface area (Å²) in [5.41, 5.74) is 0.658. The van der Waals surface area contributed by atoms with Crippen molar-refractivity contribution in [1.29, 1.82) is 0 Å². The molecule has 0 amide bonds. The van der Waals surface area contributed by atoms with Gasteiger partial charge in [-0.15, -0.1) is 0 Å². The molecule has 0 N–H and O–H groups in total. The lowest BCUT2D eigenvalue weighted by Crippen LogP contribution is -2.08. The molecule has 0 aromatic carbocycles. The molecule has 0 radical (unpaired) electrons. The van der Waals surface area contributed by atoms with E-state index in [1.54, 1.807) is 13.3 Å². The zero-order valence-corrected chi connectivity index (χ0v) is 7.38. The van der Waals surface area contributed by atoms with E-state index in [1.807, 2.05) is 6.92 Å². The first-order chi connectivity index (χ1) is 5.79. The molecular formula is C8H13FN2O. The van der Waals surface area contributed by atoms with Crippen molar-refractivity contribution in [3.8, 4) is 0 Å². The topological polar surface area (TPSA) is 27.1 Å². The third-order valence-corrected chi connectivity index (χ3v) is 1.73. The summed E-state index contributed by atoms with van der Waals surface area (Å²) in [5.74, 6) is -0.241. The van der Waals surface area contributed by atoms with Gasteiger partial charge in [-0.3, -0.25) is 0 Å². The van der Waals surface area contributed by atoms with Crippen LogP contribution in [-0.4, -0.2) is 23.5 Å². The molecule has 0 saturated carbocycles. The number of methoxy groups -OCH3 is 1. The number of nitrogens with zero attached hydrogens (tertiary/aromatic N) is 2. The molecule has 4 heteroatoms. The summed E-state index contributed by atoms with van der Waals surface area (Å²) in [4.78, 5) is 0. The fourth-order valence-electron chi connectivity index (χ4n) is 0.980. The Morgan fingerprint density at radius 3 is 2.92 bits per heavy atom. The maximum absolute atomic E-state index is 13.2. The van der Waals surface area contributed by atoms with Crippen LogP contribution >= 0.6 is 0 Å². The van der Waals surface area contributed by atoms with Crippen LogP contribution in [0.1, 0.15) is 12.5 Å². The largest absolute Gasteiger partial charge is 0.383 e. The van der Waals surface area contributed by atoms with Crippen molar-refractivity contribution in [3.63, 3.8) is 0 Å². The normalized spacial score (nSPS) is 10.6. The van der Waals surface area contributed by atoms with Crippen LogP contribution in [0.5, 0.6) is 0 Å². The van der Waals surface area contributed by atoms with Gasteiger partial charge in [-0.2, -0.15) is 9.49 Å². The van der Waals surface area contributed by atoms with E-state index in [1.165, 1.54) is 4.68 Å². The van der Waals surface area contributed by atoms with Crippen LogP contribution in [0.25, 0.3) is 0 Å². The monoisotopic (exact) mass is 172 g/mol. The summed E-state index contributed by atoms with van der Waals surface area (Å²) >= 11 is 0. The number of ether oxygens (including phenoxy) is 1. The Bertz CT molecular complexity index is 247. The Kier molecular flexibility index (Phi) is 3.22. The van der Waals surface area contributed by atoms with Crippen LogP contribution in [-0.2, 0) is 17.7 Å². The lowest BCUT2D eigenvalue weighted by atomic mass is 10.3. The van der Waals surface area contributed by atoms with E-state index in [0.29, 0.717) is 25.1 Å². The summed E-state index contributed by atoms with van der Waals surface area (Å²) in [6.07, 6.45) is 2.24. The molecule has 1 aromatic rings. The van der Waals surface area contributed by atoms with Crippen molar-refractivity contribution < 1.29 is 9.13 Å². The molecule has 0 aliphatic rings. The zero-order chi connectivity index (χ0) is 8.97. The molecule has 0 aliphatic carbocycles. The van der Waals surface area contributed by atoms with Crippen LogP contribution in [0, 0.1) is 5.95 Å². The molecule has 12 heavy (non-hydrogen) atoms. The fourth-order valence-corrected chi connectivity index (χ4v) is 0.980. The fraction of sp³-hybridized carbons (Fsp3) is 0.625. The van der Waals surface area contributed by atoms with Gasteiger partial charge < -0.3 is 4.74 Å². The quantitative estimate of drug-likeness (QED) is 0.683. The predicted octanol–water partition coefficient (Wildman–Crippen LogP) is 1.23. The molecule has 3 nitrogen and oxygen atoms in total. The van der Waals surface area contributed by atoms with Crippen LogP contribution < -0.4 is 0 Å². The first-order valence-corrected chi connectivity index (χ1v) is 3.98. The molecule has 68 valence electrons. The van der Waals surface area contributed by atoms with Gasteiger partial charge in [0.2, 0.25) is 5.95 Å². The van der Waals surface area contributed by atoms with Crippen molar-refractivity contribution in [1.82, 2.24) is 9.78 Å². The molecule has 1 heterocycles. The van der Waals surface area contributed by atoms with E-state index >= 15 is 0 Å². The van der Waals surface area contributed by atoms with Gasteiger partial charge in [0.1, 0.15) is 0 Å². The highest BCUT2D eigenvalue weighted by molar-refractivity contribution is 5.05. The zero-order valence-electron chi connectivity index (χ0n) is 7.38. The van der Waals surface area contributed by atoms with E-state index in [-0.39, 0.29) is 5.95 Å². The van der Waals surface area contributed by atoms with Gasteiger partial charge in [0.25, 0.3) is 0 Å². The Morgan fingerprint density at radius 1 is 1.67 bits per heavy atom. The number of halogens is 1. The van der Waals surface area contributed by atoms with Gasteiger partial charge in [0, 0.05) is 12.7 Å². The smallest absolute Gasteiger partial charge is 0.214 e. The Balaban J connectivity index is 2.66. The highest BCUT2D eigenvalue weighted by atomic mass is 19.1. The third kappa shape index (κ3) is 1.82. The third-order valence-electron chi connectivity index (χ3n) is 1.73. The number of hydrogen-bond acceptors (Lipinski definition) is 2.